The van der Waals surface area contributed by atoms with E-state index in [2.05, 4.69) is 10.3 Å². The summed E-state index contributed by atoms with van der Waals surface area (Å²) >= 11 is 0. The molecule has 0 fully saturated rings. The fraction of sp³-hybridized carbons (Fsp3) is 0.0870. The Morgan fingerprint density at radius 1 is 1.03 bits per heavy atom. The van der Waals surface area contributed by atoms with Crippen molar-refractivity contribution < 1.29 is 9.53 Å². The minimum atomic E-state index is -0.257. The van der Waals surface area contributed by atoms with Crippen LogP contribution in [0.1, 0.15) is 15.9 Å². The monoisotopic (exact) mass is 385 g/mol. The summed E-state index contributed by atoms with van der Waals surface area (Å²) < 4.78 is 6.67. The zero-order chi connectivity index (χ0) is 20.2. The maximum Gasteiger partial charge on any atom is 0.262 e. The van der Waals surface area contributed by atoms with Crippen molar-refractivity contribution in [3.63, 3.8) is 0 Å². The van der Waals surface area contributed by atoms with Crippen LogP contribution in [0, 0.1) is 0 Å². The summed E-state index contributed by atoms with van der Waals surface area (Å²) in [5.74, 6) is 0.435. The van der Waals surface area contributed by atoms with Gasteiger partial charge >= 0.3 is 0 Å². The van der Waals surface area contributed by atoms with E-state index in [0.717, 1.165) is 5.56 Å². The van der Waals surface area contributed by atoms with E-state index in [1.165, 1.54) is 4.57 Å². The first-order valence-corrected chi connectivity index (χ1v) is 9.13. The van der Waals surface area contributed by atoms with Crippen molar-refractivity contribution in [3.05, 3.63) is 101 Å². The van der Waals surface area contributed by atoms with Crippen LogP contribution in [-0.2, 0) is 6.54 Å². The quantitative estimate of drug-likeness (QED) is 0.572. The van der Waals surface area contributed by atoms with Gasteiger partial charge in [-0.3, -0.25) is 19.1 Å². The molecule has 29 heavy (non-hydrogen) atoms. The number of hydrogen-bond donors (Lipinski definition) is 1. The van der Waals surface area contributed by atoms with Crippen molar-refractivity contribution >= 4 is 16.7 Å². The molecule has 0 spiro atoms. The number of carbonyl (C=O) groups is 1. The highest BCUT2D eigenvalue weighted by atomic mass is 16.5. The Morgan fingerprint density at radius 2 is 1.79 bits per heavy atom. The summed E-state index contributed by atoms with van der Waals surface area (Å²) in [4.78, 5) is 30.0. The van der Waals surface area contributed by atoms with E-state index < -0.39 is 0 Å². The number of carbonyl (C=O) groups excluding carboxylic acids is 1. The van der Waals surface area contributed by atoms with Gasteiger partial charge in [0.2, 0.25) is 0 Å². The predicted octanol–water partition coefficient (Wildman–Crippen LogP) is 3.32. The molecule has 0 aliphatic rings. The van der Waals surface area contributed by atoms with Crippen LogP contribution in [-0.4, -0.2) is 22.6 Å². The molecular formula is C23H19N3O3. The van der Waals surface area contributed by atoms with Gasteiger partial charge in [-0.15, -0.1) is 0 Å². The molecule has 2 aromatic heterocycles. The van der Waals surface area contributed by atoms with Crippen molar-refractivity contribution in [2.45, 2.75) is 6.54 Å². The first kappa shape index (κ1) is 18.4. The average Bonchev–Trinajstić information content (AvgIpc) is 2.79. The Hall–Kier alpha value is -3.93. The molecule has 2 aromatic carbocycles. The summed E-state index contributed by atoms with van der Waals surface area (Å²) in [5.41, 5.74) is 1.80. The number of amides is 1. The van der Waals surface area contributed by atoms with E-state index in [0.29, 0.717) is 34.3 Å². The standard InChI is InChI=1S/C23H19N3O3/c1-29-18-10-8-17(9-11-18)26-15-21(19-6-2-3-7-20(19)23(26)28)22(27)25-14-16-5-4-12-24-13-16/h2-13,15H,14H2,1H3,(H,25,27). The lowest BCUT2D eigenvalue weighted by Crippen LogP contribution is -2.27. The third-order valence-corrected chi connectivity index (χ3v) is 4.70. The van der Waals surface area contributed by atoms with Gasteiger partial charge < -0.3 is 10.1 Å². The fourth-order valence-corrected chi connectivity index (χ4v) is 3.19. The molecule has 4 rings (SSSR count). The largest absolute Gasteiger partial charge is 0.497 e. The number of methoxy groups -OCH3 is 1. The lowest BCUT2D eigenvalue weighted by Gasteiger charge is -2.13. The van der Waals surface area contributed by atoms with Crippen molar-refractivity contribution in [1.29, 1.82) is 0 Å². The highest BCUT2D eigenvalue weighted by Crippen LogP contribution is 2.19. The number of nitrogens with one attached hydrogen (secondary N) is 1. The number of rotatable bonds is 5. The second-order valence-corrected chi connectivity index (χ2v) is 6.51. The first-order valence-electron chi connectivity index (χ1n) is 9.13. The highest BCUT2D eigenvalue weighted by Gasteiger charge is 2.15. The number of benzene rings is 2. The van der Waals surface area contributed by atoms with Crippen molar-refractivity contribution in [2.75, 3.05) is 7.11 Å². The summed E-state index contributed by atoms with van der Waals surface area (Å²) in [6.45, 7) is 0.350. The van der Waals surface area contributed by atoms with Crippen LogP contribution >= 0.6 is 0 Å². The van der Waals surface area contributed by atoms with Crippen molar-refractivity contribution in [3.8, 4) is 11.4 Å². The number of pyridine rings is 2. The highest BCUT2D eigenvalue weighted by molar-refractivity contribution is 6.06. The second kappa shape index (κ2) is 7.98. The van der Waals surface area contributed by atoms with Crippen LogP contribution in [0.25, 0.3) is 16.5 Å². The minimum Gasteiger partial charge on any atom is -0.497 e. The first-order chi connectivity index (χ1) is 14.2. The van der Waals surface area contributed by atoms with Crippen molar-refractivity contribution in [2.24, 2.45) is 0 Å². The topological polar surface area (TPSA) is 73.2 Å². The maximum atomic E-state index is 13.0. The molecule has 0 radical (unpaired) electrons. The molecule has 4 aromatic rings. The summed E-state index contributed by atoms with van der Waals surface area (Å²) in [6, 6.07) is 18.0. The molecule has 144 valence electrons. The molecule has 0 saturated heterocycles. The zero-order valence-electron chi connectivity index (χ0n) is 15.8. The van der Waals surface area contributed by atoms with Gasteiger partial charge in [0, 0.05) is 41.6 Å². The molecule has 0 atom stereocenters. The van der Waals surface area contributed by atoms with Gasteiger partial charge in [-0.25, -0.2) is 0 Å². The van der Waals surface area contributed by atoms with Crippen LogP contribution in [0.2, 0.25) is 0 Å². The van der Waals surface area contributed by atoms with Gasteiger partial charge in [-0.2, -0.15) is 0 Å². The zero-order valence-corrected chi connectivity index (χ0v) is 15.8. The average molecular weight is 385 g/mol. The third-order valence-electron chi connectivity index (χ3n) is 4.70. The van der Waals surface area contributed by atoms with Crippen LogP contribution in [0.15, 0.2) is 84.0 Å². The summed E-state index contributed by atoms with van der Waals surface area (Å²) in [6.07, 6.45) is 4.98. The molecule has 0 aliphatic heterocycles. The fourth-order valence-electron chi connectivity index (χ4n) is 3.19. The summed E-state index contributed by atoms with van der Waals surface area (Å²) in [5, 5.41) is 4.01. The Morgan fingerprint density at radius 3 is 2.48 bits per heavy atom. The maximum absolute atomic E-state index is 13.0. The van der Waals surface area contributed by atoms with E-state index in [9.17, 15) is 9.59 Å². The SMILES string of the molecule is COc1ccc(-n2cc(C(=O)NCc3cccnc3)c3ccccc3c2=O)cc1. The van der Waals surface area contributed by atoms with Crippen LogP contribution in [0.4, 0.5) is 0 Å². The van der Waals surface area contributed by atoms with Gasteiger partial charge in [-0.05, 0) is 42.0 Å². The Bertz CT molecular complexity index is 1220. The molecule has 2 heterocycles. The molecular weight excluding hydrogens is 366 g/mol. The van der Waals surface area contributed by atoms with Crippen LogP contribution in [0.5, 0.6) is 5.75 Å². The molecule has 1 N–H and O–H groups in total. The normalized spacial score (nSPS) is 10.7. The Labute approximate surface area is 167 Å². The molecule has 6 nitrogen and oxygen atoms in total. The van der Waals surface area contributed by atoms with E-state index in [4.69, 9.17) is 4.74 Å². The van der Waals surface area contributed by atoms with Crippen LogP contribution in [0.3, 0.4) is 0 Å². The van der Waals surface area contributed by atoms with Gasteiger partial charge in [0.25, 0.3) is 11.5 Å². The van der Waals surface area contributed by atoms with E-state index in [-0.39, 0.29) is 11.5 Å². The summed E-state index contributed by atoms with van der Waals surface area (Å²) in [7, 11) is 1.59. The smallest absolute Gasteiger partial charge is 0.262 e. The predicted molar refractivity (Wildman–Crippen MR) is 112 cm³/mol. The van der Waals surface area contributed by atoms with E-state index >= 15 is 0 Å². The molecule has 0 aliphatic carbocycles. The van der Waals surface area contributed by atoms with E-state index in [1.54, 1.807) is 68.2 Å². The molecule has 1 amide bonds. The molecule has 0 saturated carbocycles. The van der Waals surface area contributed by atoms with Gasteiger partial charge in [-0.1, -0.05) is 24.3 Å². The number of ether oxygens (including phenoxy) is 1. The van der Waals surface area contributed by atoms with Gasteiger partial charge in [0.15, 0.2) is 0 Å². The lowest BCUT2D eigenvalue weighted by molar-refractivity contribution is 0.0952. The van der Waals surface area contributed by atoms with Crippen molar-refractivity contribution in [1.82, 2.24) is 14.9 Å². The van der Waals surface area contributed by atoms with Gasteiger partial charge in [0.05, 0.1) is 12.7 Å². The Kier molecular flexibility index (Phi) is 5.07. The lowest BCUT2D eigenvalue weighted by atomic mass is 10.1. The van der Waals surface area contributed by atoms with E-state index in [1.807, 2.05) is 18.2 Å². The number of fused-ring (bicyclic) bond motifs is 1. The second-order valence-electron chi connectivity index (χ2n) is 6.51. The molecule has 0 bridgehead atoms. The number of nitrogens with zero attached hydrogens (tertiary/aromatic N) is 2. The molecule has 0 unspecified atom stereocenters. The third kappa shape index (κ3) is 3.73. The van der Waals surface area contributed by atoms with Gasteiger partial charge in [0.1, 0.15) is 5.75 Å². The molecule has 6 heteroatoms. The van der Waals surface area contributed by atoms with Crippen LogP contribution < -0.4 is 15.6 Å². The number of hydrogen-bond acceptors (Lipinski definition) is 4. The number of aromatic nitrogens is 2. The Balaban J connectivity index is 1.77. The minimum absolute atomic E-state index is 0.186.